The van der Waals surface area contributed by atoms with E-state index in [2.05, 4.69) is 20.8 Å². The summed E-state index contributed by atoms with van der Waals surface area (Å²) in [4.78, 5) is 24.3. The maximum atomic E-state index is 13.0. The lowest BCUT2D eigenvalue weighted by atomic mass is 10.1. The molecule has 0 aliphatic carbocycles. The Hall–Kier alpha value is -2.34. The van der Waals surface area contributed by atoms with E-state index in [9.17, 15) is 22.8 Å². The minimum absolute atomic E-state index is 0.167. The number of alkyl halides is 3. The summed E-state index contributed by atoms with van der Waals surface area (Å²) >= 11 is 13.8. The number of hydrogen-bond acceptors (Lipinski definition) is 6. The van der Waals surface area contributed by atoms with Crippen LogP contribution in [0.3, 0.4) is 0 Å². The standard InChI is InChI=1S/C18H11Cl2F3N4O2S2/c19-9-5-6-10(12(20)7-9)15(29)25-16-26-27-17(31-16)30-8-14(28)24-13-4-2-1-3-11(13)18(21,22)23/h1-7H,8H2,(H,24,28)(H,25,26,29). The molecule has 31 heavy (non-hydrogen) atoms. The van der Waals surface area contributed by atoms with Crippen LogP contribution < -0.4 is 10.6 Å². The van der Waals surface area contributed by atoms with Crippen LogP contribution in [0.15, 0.2) is 46.8 Å². The molecule has 2 N–H and O–H groups in total. The van der Waals surface area contributed by atoms with E-state index in [4.69, 9.17) is 23.2 Å². The molecule has 0 saturated carbocycles. The van der Waals surface area contributed by atoms with Crippen LogP contribution in [0.25, 0.3) is 0 Å². The number of halogens is 5. The monoisotopic (exact) mass is 506 g/mol. The van der Waals surface area contributed by atoms with Crippen molar-refractivity contribution in [2.45, 2.75) is 10.5 Å². The molecule has 1 aromatic heterocycles. The Bertz CT molecular complexity index is 1130. The van der Waals surface area contributed by atoms with E-state index < -0.39 is 23.6 Å². The van der Waals surface area contributed by atoms with Gasteiger partial charge in [-0.1, -0.05) is 58.4 Å². The Morgan fingerprint density at radius 2 is 1.81 bits per heavy atom. The number of hydrogen-bond donors (Lipinski definition) is 2. The molecule has 6 nitrogen and oxygen atoms in total. The predicted octanol–water partition coefficient (Wildman–Crippen LogP) is 5.85. The number of nitrogens with zero attached hydrogens (tertiary/aromatic N) is 2. The normalized spacial score (nSPS) is 11.3. The van der Waals surface area contributed by atoms with Gasteiger partial charge in [0, 0.05) is 5.02 Å². The van der Waals surface area contributed by atoms with Gasteiger partial charge in [-0.05, 0) is 30.3 Å². The van der Waals surface area contributed by atoms with Gasteiger partial charge in [0.1, 0.15) is 0 Å². The number of aromatic nitrogens is 2. The number of anilines is 2. The topological polar surface area (TPSA) is 84.0 Å². The molecule has 0 aliphatic rings. The molecule has 0 spiro atoms. The van der Waals surface area contributed by atoms with Crippen molar-refractivity contribution in [2.75, 3.05) is 16.4 Å². The van der Waals surface area contributed by atoms with Crippen molar-refractivity contribution in [3.8, 4) is 0 Å². The van der Waals surface area contributed by atoms with Gasteiger partial charge in [0.25, 0.3) is 5.91 Å². The van der Waals surface area contributed by atoms with Crippen LogP contribution in [0.1, 0.15) is 15.9 Å². The first kappa shape index (κ1) is 23.3. The van der Waals surface area contributed by atoms with Crippen molar-refractivity contribution in [2.24, 2.45) is 0 Å². The minimum Gasteiger partial charge on any atom is -0.325 e. The molecule has 0 bridgehead atoms. The van der Waals surface area contributed by atoms with Gasteiger partial charge in [-0.25, -0.2) is 0 Å². The minimum atomic E-state index is -4.59. The number of amides is 2. The molecule has 13 heteroatoms. The second-order valence-corrected chi connectivity index (χ2v) is 8.88. The highest BCUT2D eigenvalue weighted by Gasteiger charge is 2.33. The van der Waals surface area contributed by atoms with Gasteiger partial charge >= 0.3 is 6.18 Å². The van der Waals surface area contributed by atoms with E-state index in [0.717, 1.165) is 29.2 Å². The summed E-state index contributed by atoms with van der Waals surface area (Å²) in [5.74, 6) is -1.36. The molecule has 0 fully saturated rings. The highest BCUT2D eigenvalue weighted by atomic mass is 35.5. The molecule has 3 rings (SSSR count). The van der Waals surface area contributed by atoms with Gasteiger partial charge < -0.3 is 5.32 Å². The summed E-state index contributed by atoms with van der Waals surface area (Å²) < 4.78 is 39.3. The number of carbonyl (C=O) groups is 2. The maximum Gasteiger partial charge on any atom is 0.418 e. The molecule has 1 heterocycles. The van der Waals surface area contributed by atoms with Crippen LogP contribution in [-0.2, 0) is 11.0 Å². The number of benzene rings is 2. The molecule has 3 aromatic rings. The summed E-state index contributed by atoms with van der Waals surface area (Å²) in [5, 5.41) is 13.1. The first-order valence-electron chi connectivity index (χ1n) is 8.32. The number of rotatable bonds is 6. The van der Waals surface area contributed by atoms with Crippen molar-refractivity contribution in [3.63, 3.8) is 0 Å². The smallest absolute Gasteiger partial charge is 0.325 e. The van der Waals surface area contributed by atoms with Gasteiger partial charge in [0.15, 0.2) is 4.34 Å². The lowest BCUT2D eigenvalue weighted by Crippen LogP contribution is -2.18. The largest absolute Gasteiger partial charge is 0.418 e. The van der Waals surface area contributed by atoms with Gasteiger partial charge in [-0.2, -0.15) is 13.2 Å². The molecular weight excluding hydrogens is 496 g/mol. The SMILES string of the molecule is O=C(CSc1nnc(NC(=O)c2ccc(Cl)cc2Cl)s1)Nc1ccccc1C(F)(F)F. The van der Waals surface area contributed by atoms with Gasteiger partial charge in [-0.15, -0.1) is 10.2 Å². The van der Waals surface area contributed by atoms with Gasteiger partial charge in [-0.3, -0.25) is 14.9 Å². The molecule has 0 atom stereocenters. The van der Waals surface area contributed by atoms with Crippen LogP contribution in [0.4, 0.5) is 24.0 Å². The molecule has 2 aromatic carbocycles. The number of carbonyl (C=O) groups excluding carboxylic acids is 2. The Morgan fingerprint density at radius 1 is 1.06 bits per heavy atom. The Kier molecular flexibility index (Phi) is 7.42. The summed E-state index contributed by atoms with van der Waals surface area (Å²) in [6, 6.07) is 9.08. The Balaban J connectivity index is 1.57. The molecule has 2 amide bonds. The summed E-state index contributed by atoms with van der Waals surface area (Å²) in [6.45, 7) is 0. The third-order valence-corrected chi connectivity index (χ3v) is 6.16. The zero-order chi connectivity index (χ0) is 22.6. The molecule has 0 unspecified atom stereocenters. The average Bonchev–Trinajstić information content (AvgIpc) is 3.13. The van der Waals surface area contributed by atoms with Crippen LogP contribution in [0.5, 0.6) is 0 Å². The quantitative estimate of drug-likeness (QED) is 0.323. The lowest BCUT2D eigenvalue weighted by Gasteiger charge is -2.13. The highest BCUT2D eigenvalue weighted by molar-refractivity contribution is 8.01. The second kappa shape index (κ2) is 9.86. The van der Waals surface area contributed by atoms with Crippen LogP contribution in [0.2, 0.25) is 10.0 Å². The average molecular weight is 507 g/mol. The van der Waals surface area contributed by atoms with Crippen LogP contribution in [0, 0.1) is 0 Å². The first-order valence-corrected chi connectivity index (χ1v) is 10.9. The fraction of sp³-hybridized carbons (Fsp3) is 0.111. The third-order valence-electron chi connectivity index (χ3n) is 3.64. The van der Waals surface area contributed by atoms with E-state index in [0.29, 0.717) is 9.36 Å². The van der Waals surface area contributed by atoms with Crippen molar-refractivity contribution in [1.29, 1.82) is 0 Å². The fourth-order valence-electron chi connectivity index (χ4n) is 2.31. The van der Waals surface area contributed by atoms with Crippen molar-refractivity contribution in [3.05, 3.63) is 63.6 Å². The van der Waals surface area contributed by atoms with Crippen molar-refractivity contribution >= 4 is 68.9 Å². The van der Waals surface area contributed by atoms with E-state index in [1.165, 1.54) is 36.4 Å². The molecule has 162 valence electrons. The van der Waals surface area contributed by atoms with Crippen LogP contribution >= 0.6 is 46.3 Å². The number of para-hydroxylation sites is 1. The molecule has 0 saturated heterocycles. The van der Waals surface area contributed by atoms with E-state index in [-0.39, 0.29) is 27.2 Å². The number of thioether (sulfide) groups is 1. The zero-order valence-corrected chi connectivity index (χ0v) is 18.3. The summed E-state index contributed by atoms with van der Waals surface area (Å²) in [7, 11) is 0. The third kappa shape index (κ3) is 6.33. The predicted molar refractivity (Wildman–Crippen MR) is 115 cm³/mol. The van der Waals surface area contributed by atoms with Crippen molar-refractivity contribution < 1.29 is 22.8 Å². The van der Waals surface area contributed by atoms with E-state index >= 15 is 0 Å². The lowest BCUT2D eigenvalue weighted by molar-refractivity contribution is -0.137. The van der Waals surface area contributed by atoms with E-state index in [1.807, 2.05) is 0 Å². The summed E-state index contributed by atoms with van der Waals surface area (Å²) in [6.07, 6.45) is -4.59. The Labute approximate surface area is 192 Å². The first-order chi connectivity index (χ1) is 14.6. The molecular formula is C18H11Cl2F3N4O2S2. The van der Waals surface area contributed by atoms with E-state index in [1.54, 1.807) is 0 Å². The molecule has 0 radical (unpaired) electrons. The van der Waals surface area contributed by atoms with Crippen LogP contribution in [-0.4, -0.2) is 27.8 Å². The fourth-order valence-corrected chi connectivity index (χ4v) is 4.35. The van der Waals surface area contributed by atoms with Gasteiger partial charge in [0.05, 0.1) is 27.6 Å². The highest BCUT2D eigenvalue weighted by Crippen LogP contribution is 2.35. The number of nitrogens with one attached hydrogen (secondary N) is 2. The Morgan fingerprint density at radius 3 is 2.52 bits per heavy atom. The van der Waals surface area contributed by atoms with Gasteiger partial charge in [0.2, 0.25) is 11.0 Å². The summed E-state index contributed by atoms with van der Waals surface area (Å²) in [5.41, 5.74) is -1.07. The molecule has 0 aliphatic heterocycles. The van der Waals surface area contributed by atoms with Crippen molar-refractivity contribution in [1.82, 2.24) is 10.2 Å². The maximum absolute atomic E-state index is 13.0. The second-order valence-electron chi connectivity index (χ2n) is 5.83. The zero-order valence-electron chi connectivity index (χ0n) is 15.2.